The third-order valence-electron chi connectivity index (χ3n) is 3.08. The molecule has 0 saturated carbocycles. The number of aliphatic carboxylic acids is 1. The Balaban J connectivity index is 2.13. The molecule has 1 aromatic rings. The third kappa shape index (κ3) is 4.59. The summed E-state index contributed by atoms with van der Waals surface area (Å²) in [6.45, 7) is 2.55. The van der Waals surface area contributed by atoms with Crippen molar-refractivity contribution in [2.45, 2.75) is 6.54 Å². The third-order valence-corrected chi connectivity index (χ3v) is 3.81. The molecule has 0 atom stereocenters. The van der Waals surface area contributed by atoms with Crippen LogP contribution in [0.25, 0.3) is 0 Å². The van der Waals surface area contributed by atoms with Crippen LogP contribution in [-0.2, 0) is 16.1 Å². The van der Waals surface area contributed by atoms with Crippen LogP contribution >= 0.6 is 15.9 Å². The highest BCUT2D eigenvalue weighted by atomic mass is 79.9. The van der Waals surface area contributed by atoms with E-state index < -0.39 is 5.97 Å². The van der Waals surface area contributed by atoms with Crippen LogP contribution in [0.4, 0.5) is 0 Å². The number of hydrogen-bond acceptors (Lipinski definition) is 5. The highest BCUT2D eigenvalue weighted by Gasteiger charge is 2.17. The maximum absolute atomic E-state index is 10.9. The number of rotatable bonds is 7. The molecule has 1 N–H and O–H groups in total. The Bertz CT molecular complexity index is 508. The molecule has 0 amide bonds. The van der Waals surface area contributed by atoms with Crippen LogP contribution in [0.15, 0.2) is 16.6 Å². The minimum absolute atomic E-state index is 0.0375. The van der Waals surface area contributed by atoms with Gasteiger partial charge in [-0.3, -0.25) is 9.69 Å². The number of benzene rings is 1. The minimum atomic E-state index is -0.861. The molecule has 0 unspecified atom stereocenters. The van der Waals surface area contributed by atoms with Crippen LogP contribution < -0.4 is 9.47 Å². The first-order valence-corrected chi connectivity index (χ1v) is 7.40. The number of halogens is 1. The van der Waals surface area contributed by atoms with Gasteiger partial charge in [-0.15, -0.1) is 0 Å². The van der Waals surface area contributed by atoms with E-state index in [-0.39, 0.29) is 6.54 Å². The van der Waals surface area contributed by atoms with Gasteiger partial charge in [0.1, 0.15) is 13.2 Å². The molecule has 21 heavy (non-hydrogen) atoms. The maximum Gasteiger partial charge on any atom is 0.317 e. The average molecular weight is 360 g/mol. The fourth-order valence-electron chi connectivity index (χ4n) is 2.09. The van der Waals surface area contributed by atoms with Gasteiger partial charge in [-0.1, -0.05) is 15.9 Å². The van der Waals surface area contributed by atoms with Crippen LogP contribution in [0.1, 0.15) is 5.56 Å². The van der Waals surface area contributed by atoms with Gasteiger partial charge in [-0.05, 0) is 17.7 Å². The molecule has 1 aromatic carbocycles. The monoisotopic (exact) mass is 359 g/mol. The second kappa shape index (κ2) is 7.63. The van der Waals surface area contributed by atoms with Crippen molar-refractivity contribution in [2.75, 3.05) is 40.0 Å². The summed E-state index contributed by atoms with van der Waals surface area (Å²) in [5.41, 5.74) is 0.955. The Morgan fingerprint density at radius 1 is 1.38 bits per heavy atom. The van der Waals surface area contributed by atoms with Gasteiger partial charge in [-0.2, -0.15) is 0 Å². The summed E-state index contributed by atoms with van der Waals surface area (Å²) < 4.78 is 17.0. The van der Waals surface area contributed by atoms with Gasteiger partial charge in [0.2, 0.25) is 0 Å². The highest BCUT2D eigenvalue weighted by Crippen LogP contribution is 2.35. The Morgan fingerprint density at radius 2 is 2.05 bits per heavy atom. The Morgan fingerprint density at radius 3 is 2.67 bits per heavy atom. The molecule has 116 valence electrons. The van der Waals surface area contributed by atoms with Crippen molar-refractivity contribution >= 4 is 21.9 Å². The number of hydrogen-bond donors (Lipinski definition) is 1. The average Bonchev–Trinajstić information content (AvgIpc) is 2.45. The topological polar surface area (TPSA) is 68.2 Å². The van der Waals surface area contributed by atoms with E-state index in [0.717, 1.165) is 10.0 Å². The number of carboxylic acid groups (broad SMARTS) is 1. The van der Waals surface area contributed by atoms with Gasteiger partial charge < -0.3 is 19.3 Å². The lowest BCUT2D eigenvalue weighted by Gasteiger charge is -2.23. The second-order valence-corrected chi connectivity index (χ2v) is 5.54. The summed E-state index contributed by atoms with van der Waals surface area (Å²) in [7, 11) is 1.60. The second-order valence-electron chi connectivity index (χ2n) is 4.68. The summed E-state index contributed by atoms with van der Waals surface area (Å²) in [5.74, 6) is 0.541. The SMILES string of the molecule is COCCN(CC(=O)O)Cc1cc2c(cc1Br)OCCO2. The van der Waals surface area contributed by atoms with Crippen molar-refractivity contribution in [1.29, 1.82) is 0 Å². The van der Waals surface area contributed by atoms with Crippen LogP contribution in [0.3, 0.4) is 0 Å². The molecule has 0 aliphatic carbocycles. The van der Waals surface area contributed by atoms with Crippen molar-refractivity contribution in [3.8, 4) is 11.5 Å². The van der Waals surface area contributed by atoms with Gasteiger partial charge in [0.15, 0.2) is 11.5 Å². The lowest BCUT2D eigenvalue weighted by molar-refractivity contribution is -0.138. The van der Waals surface area contributed by atoms with Crippen LogP contribution in [0.2, 0.25) is 0 Å². The lowest BCUT2D eigenvalue weighted by atomic mass is 10.1. The van der Waals surface area contributed by atoms with Crippen molar-refractivity contribution in [1.82, 2.24) is 4.90 Å². The Kier molecular flexibility index (Phi) is 5.84. The predicted octanol–water partition coefficient (Wildman–Crippen LogP) is 1.75. The lowest BCUT2D eigenvalue weighted by Crippen LogP contribution is -2.32. The first-order chi connectivity index (χ1) is 10.1. The standard InChI is InChI=1S/C14H18BrNO5/c1-19-3-2-16(9-14(17)18)8-10-6-12-13(7-11(10)15)21-5-4-20-12/h6-7H,2-5,8-9H2,1H3,(H,17,18). The van der Waals surface area contributed by atoms with E-state index in [1.54, 1.807) is 7.11 Å². The first kappa shape index (κ1) is 16.1. The molecule has 0 saturated heterocycles. The van der Waals surface area contributed by atoms with Crippen LogP contribution in [-0.4, -0.2) is 56.0 Å². The summed E-state index contributed by atoms with van der Waals surface area (Å²) in [6.07, 6.45) is 0. The molecule has 0 spiro atoms. The van der Waals surface area contributed by atoms with Gasteiger partial charge >= 0.3 is 5.97 Å². The zero-order valence-corrected chi connectivity index (χ0v) is 13.4. The van der Waals surface area contributed by atoms with Crippen LogP contribution in [0.5, 0.6) is 11.5 Å². The normalized spacial score (nSPS) is 13.5. The molecular weight excluding hydrogens is 342 g/mol. The van der Waals surface area contributed by atoms with Crippen LogP contribution in [0, 0.1) is 0 Å². The molecule has 0 bridgehead atoms. The van der Waals surface area contributed by atoms with E-state index >= 15 is 0 Å². The maximum atomic E-state index is 10.9. The molecule has 0 radical (unpaired) electrons. The molecule has 2 rings (SSSR count). The minimum Gasteiger partial charge on any atom is -0.486 e. The number of carbonyl (C=O) groups is 1. The van der Waals surface area contributed by atoms with Crippen molar-refractivity contribution in [3.63, 3.8) is 0 Å². The van der Waals surface area contributed by atoms with Crippen molar-refractivity contribution in [2.24, 2.45) is 0 Å². The summed E-state index contributed by atoms with van der Waals surface area (Å²) in [4.78, 5) is 12.7. The summed E-state index contributed by atoms with van der Waals surface area (Å²) >= 11 is 3.50. The van der Waals surface area contributed by atoms with Gasteiger partial charge in [0.25, 0.3) is 0 Å². The van der Waals surface area contributed by atoms with Gasteiger partial charge in [-0.25, -0.2) is 0 Å². The van der Waals surface area contributed by atoms with Gasteiger partial charge in [0, 0.05) is 24.7 Å². The fraction of sp³-hybridized carbons (Fsp3) is 0.500. The molecule has 0 fully saturated rings. The number of nitrogens with zero attached hydrogens (tertiary/aromatic N) is 1. The van der Waals surface area contributed by atoms with Crippen molar-refractivity contribution < 1.29 is 24.1 Å². The summed E-state index contributed by atoms with van der Waals surface area (Å²) in [6, 6.07) is 3.75. The fourth-order valence-corrected chi connectivity index (χ4v) is 2.54. The molecule has 1 heterocycles. The van der Waals surface area contributed by atoms with E-state index in [1.807, 2.05) is 17.0 Å². The molecular formula is C14H18BrNO5. The number of methoxy groups -OCH3 is 1. The summed E-state index contributed by atoms with van der Waals surface area (Å²) in [5, 5.41) is 8.98. The van der Waals surface area contributed by atoms with E-state index in [4.69, 9.17) is 19.3 Å². The number of ether oxygens (including phenoxy) is 3. The number of carboxylic acids is 1. The Hall–Kier alpha value is -1.31. The first-order valence-electron chi connectivity index (χ1n) is 6.61. The zero-order valence-electron chi connectivity index (χ0n) is 11.8. The van der Waals surface area contributed by atoms with E-state index in [9.17, 15) is 4.79 Å². The molecule has 7 heteroatoms. The molecule has 0 aromatic heterocycles. The van der Waals surface area contributed by atoms with E-state index in [2.05, 4.69) is 15.9 Å². The number of fused-ring (bicyclic) bond motifs is 1. The van der Waals surface area contributed by atoms with E-state index in [1.165, 1.54) is 0 Å². The van der Waals surface area contributed by atoms with E-state index in [0.29, 0.717) is 44.4 Å². The molecule has 1 aliphatic heterocycles. The Labute approximate surface area is 131 Å². The zero-order chi connectivity index (χ0) is 15.2. The molecule has 6 nitrogen and oxygen atoms in total. The predicted molar refractivity (Wildman–Crippen MR) is 79.9 cm³/mol. The largest absolute Gasteiger partial charge is 0.486 e. The van der Waals surface area contributed by atoms with Crippen molar-refractivity contribution in [3.05, 3.63) is 22.2 Å². The van der Waals surface area contributed by atoms with Gasteiger partial charge in [0.05, 0.1) is 13.2 Å². The quantitative estimate of drug-likeness (QED) is 0.799. The molecule has 1 aliphatic rings. The smallest absolute Gasteiger partial charge is 0.317 e. The highest BCUT2D eigenvalue weighted by molar-refractivity contribution is 9.10.